The second kappa shape index (κ2) is 10.5. The number of Topliss-reactive ketones (excluding diaryl/α,β-unsaturated/α-hetero) is 1. The maximum atomic E-state index is 12.8. The Kier molecular flexibility index (Phi) is 7.28. The number of methoxy groups -OCH3 is 2. The average Bonchev–Trinajstić information content (AvgIpc) is 3.28. The number of piperazine rings is 1. The zero-order valence-electron chi connectivity index (χ0n) is 19.3. The fraction of sp³-hybridized carbons (Fsp3) is 0.385. The molecule has 1 fully saturated rings. The summed E-state index contributed by atoms with van der Waals surface area (Å²) in [6.45, 7) is 12.9. The van der Waals surface area contributed by atoms with Crippen molar-refractivity contribution in [3.8, 4) is 11.5 Å². The molecule has 0 aliphatic carbocycles. The molecule has 0 bridgehead atoms. The van der Waals surface area contributed by atoms with Crippen LogP contribution in [0, 0.1) is 6.57 Å². The smallest absolute Gasteiger partial charge is 0.188 e. The van der Waals surface area contributed by atoms with Crippen LogP contribution in [0.1, 0.15) is 28.8 Å². The average molecular weight is 447 g/mol. The number of benzene rings is 2. The molecule has 0 atom stereocenters. The molecule has 2 heterocycles. The number of aromatic nitrogens is 1. The van der Waals surface area contributed by atoms with Crippen LogP contribution in [0.15, 0.2) is 42.6 Å². The van der Waals surface area contributed by atoms with Crippen molar-refractivity contribution < 1.29 is 14.3 Å². The molecule has 2 aromatic carbocycles. The molecule has 0 amide bonds. The van der Waals surface area contributed by atoms with E-state index in [0.29, 0.717) is 17.7 Å². The Morgan fingerprint density at radius 1 is 1.06 bits per heavy atom. The second-order valence-electron chi connectivity index (χ2n) is 8.37. The summed E-state index contributed by atoms with van der Waals surface area (Å²) in [6, 6.07) is 11.4. The summed E-state index contributed by atoms with van der Waals surface area (Å²) in [5, 5.41) is 0.844. The molecular formula is C26H30N4O3. The highest BCUT2D eigenvalue weighted by Gasteiger charge is 2.19. The van der Waals surface area contributed by atoms with Gasteiger partial charge in [0.25, 0.3) is 0 Å². The lowest BCUT2D eigenvalue weighted by molar-refractivity contribution is 0.0960. The Morgan fingerprint density at radius 2 is 1.85 bits per heavy atom. The molecule has 1 aliphatic heterocycles. The van der Waals surface area contributed by atoms with Gasteiger partial charge in [0.15, 0.2) is 11.5 Å². The van der Waals surface area contributed by atoms with Crippen LogP contribution in [0.2, 0.25) is 0 Å². The number of ether oxygens (including phenoxy) is 2. The molecule has 33 heavy (non-hydrogen) atoms. The van der Waals surface area contributed by atoms with Gasteiger partial charge >= 0.3 is 0 Å². The van der Waals surface area contributed by atoms with Crippen molar-refractivity contribution in [3.63, 3.8) is 0 Å². The predicted molar refractivity (Wildman–Crippen MR) is 129 cm³/mol. The number of carbonyl (C=O) groups excluding carboxylic acids is 1. The number of hydrogen-bond acceptors (Lipinski definition) is 5. The highest BCUT2D eigenvalue weighted by Crippen LogP contribution is 2.27. The number of ketones is 1. The van der Waals surface area contributed by atoms with Crippen molar-refractivity contribution in [2.75, 3.05) is 46.9 Å². The van der Waals surface area contributed by atoms with E-state index >= 15 is 0 Å². The van der Waals surface area contributed by atoms with E-state index in [2.05, 4.69) is 25.7 Å². The van der Waals surface area contributed by atoms with E-state index in [0.717, 1.165) is 73.7 Å². The Labute approximate surface area is 194 Å². The summed E-state index contributed by atoms with van der Waals surface area (Å²) < 4.78 is 10.8. The van der Waals surface area contributed by atoms with Crippen LogP contribution < -0.4 is 9.47 Å². The maximum absolute atomic E-state index is 12.8. The first-order valence-corrected chi connectivity index (χ1v) is 11.3. The quantitative estimate of drug-likeness (QED) is 0.387. The third kappa shape index (κ3) is 5.36. The molecule has 0 spiro atoms. The normalized spacial score (nSPS) is 14.8. The van der Waals surface area contributed by atoms with Crippen molar-refractivity contribution in [1.29, 1.82) is 0 Å². The maximum Gasteiger partial charge on any atom is 0.188 e. The van der Waals surface area contributed by atoms with Crippen LogP contribution in [-0.4, -0.2) is 67.5 Å². The van der Waals surface area contributed by atoms with E-state index in [9.17, 15) is 4.79 Å². The molecule has 1 aromatic heterocycles. The summed E-state index contributed by atoms with van der Waals surface area (Å²) >= 11 is 0. The van der Waals surface area contributed by atoms with Crippen LogP contribution in [0.3, 0.4) is 0 Å². The summed E-state index contributed by atoms with van der Waals surface area (Å²) in [5.74, 6) is 1.79. The van der Waals surface area contributed by atoms with Gasteiger partial charge in [-0.05, 0) is 36.6 Å². The topological polar surface area (TPSA) is 62.2 Å². The molecule has 3 aromatic rings. The summed E-state index contributed by atoms with van der Waals surface area (Å²) in [4.78, 5) is 24.3. The standard InChI is InChI=1S/C26H30N4O3/c1-27-20-7-9-24-22(15-20)23(17-28-24)25(31)5-4-10-29-11-13-30(14-12-29)18-19-6-8-21(32-2)16-26(19)33-3/h6-9,15-17,28H,4-5,10-14,18H2,2-3H3. The lowest BCUT2D eigenvalue weighted by Crippen LogP contribution is -2.46. The molecular weight excluding hydrogens is 416 g/mol. The van der Waals surface area contributed by atoms with Crippen molar-refractivity contribution in [2.45, 2.75) is 19.4 Å². The van der Waals surface area contributed by atoms with E-state index in [1.807, 2.05) is 18.2 Å². The van der Waals surface area contributed by atoms with E-state index in [4.69, 9.17) is 16.0 Å². The van der Waals surface area contributed by atoms with Crippen LogP contribution >= 0.6 is 0 Å². The number of H-pyrrole nitrogens is 1. The number of nitrogens with zero attached hydrogens (tertiary/aromatic N) is 3. The van der Waals surface area contributed by atoms with Crippen molar-refractivity contribution in [3.05, 3.63) is 65.1 Å². The van der Waals surface area contributed by atoms with Gasteiger partial charge in [0, 0.05) is 68.1 Å². The first-order valence-electron chi connectivity index (χ1n) is 11.3. The molecule has 0 saturated carbocycles. The number of carbonyl (C=O) groups is 1. The summed E-state index contributed by atoms with van der Waals surface area (Å²) in [7, 11) is 3.35. The Bertz CT molecular complexity index is 1160. The van der Waals surface area contributed by atoms with E-state index in [1.165, 1.54) is 0 Å². The van der Waals surface area contributed by atoms with E-state index in [-0.39, 0.29) is 5.78 Å². The molecule has 1 saturated heterocycles. The zero-order valence-corrected chi connectivity index (χ0v) is 19.3. The molecule has 172 valence electrons. The Morgan fingerprint density at radius 3 is 2.58 bits per heavy atom. The molecule has 1 N–H and O–H groups in total. The highest BCUT2D eigenvalue weighted by atomic mass is 16.5. The van der Waals surface area contributed by atoms with Gasteiger partial charge in [0.2, 0.25) is 0 Å². The van der Waals surface area contributed by atoms with E-state index in [1.54, 1.807) is 32.5 Å². The van der Waals surface area contributed by atoms with Crippen molar-refractivity contribution in [1.82, 2.24) is 14.8 Å². The van der Waals surface area contributed by atoms with Crippen LogP contribution in [-0.2, 0) is 6.54 Å². The van der Waals surface area contributed by atoms with Gasteiger partial charge < -0.3 is 19.4 Å². The number of aromatic amines is 1. The zero-order chi connectivity index (χ0) is 23.2. The van der Waals surface area contributed by atoms with Gasteiger partial charge in [-0.2, -0.15) is 0 Å². The number of hydrogen-bond donors (Lipinski definition) is 1. The van der Waals surface area contributed by atoms with Crippen LogP contribution in [0.25, 0.3) is 15.7 Å². The van der Waals surface area contributed by atoms with Gasteiger partial charge in [-0.1, -0.05) is 12.1 Å². The summed E-state index contributed by atoms with van der Waals surface area (Å²) in [6.07, 6.45) is 3.12. The molecule has 7 nitrogen and oxygen atoms in total. The van der Waals surface area contributed by atoms with Gasteiger partial charge in [-0.25, -0.2) is 4.85 Å². The fourth-order valence-corrected chi connectivity index (χ4v) is 4.40. The fourth-order valence-electron chi connectivity index (χ4n) is 4.40. The van der Waals surface area contributed by atoms with Crippen molar-refractivity contribution in [2.24, 2.45) is 0 Å². The van der Waals surface area contributed by atoms with Gasteiger partial charge in [-0.3, -0.25) is 9.69 Å². The summed E-state index contributed by atoms with van der Waals surface area (Å²) in [5.41, 5.74) is 3.31. The molecule has 0 unspecified atom stereocenters. The molecule has 4 rings (SSSR count). The van der Waals surface area contributed by atoms with Gasteiger partial charge in [-0.15, -0.1) is 0 Å². The first kappa shape index (κ1) is 22.8. The molecule has 1 aliphatic rings. The van der Waals surface area contributed by atoms with Crippen LogP contribution in [0.5, 0.6) is 11.5 Å². The monoisotopic (exact) mass is 446 g/mol. The minimum atomic E-state index is 0.133. The Balaban J connectivity index is 1.24. The first-order chi connectivity index (χ1) is 16.1. The Hall–Kier alpha value is -3.34. The van der Waals surface area contributed by atoms with Crippen LogP contribution in [0.4, 0.5) is 5.69 Å². The SMILES string of the molecule is [C-]#[N+]c1ccc2[nH]cc(C(=O)CCCN3CCN(Cc4ccc(OC)cc4OC)CC3)c2c1. The second-order valence-corrected chi connectivity index (χ2v) is 8.37. The third-order valence-corrected chi connectivity index (χ3v) is 6.33. The highest BCUT2D eigenvalue weighted by molar-refractivity contribution is 6.08. The number of fused-ring (bicyclic) bond motifs is 1. The molecule has 0 radical (unpaired) electrons. The van der Waals surface area contributed by atoms with E-state index < -0.39 is 0 Å². The third-order valence-electron chi connectivity index (χ3n) is 6.33. The number of nitrogens with one attached hydrogen (secondary N) is 1. The predicted octanol–water partition coefficient (Wildman–Crippen LogP) is 4.52. The largest absolute Gasteiger partial charge is 0.497 e. The minimum absolute atomic E-state index is 0.133. The van der Waals surface area contributed by atoms with Gasteiger partial charge in [0.05, 0.1) is 20.8 Å². The number of rotatable bonds is 9. The van der Waals surface area contributed by atoms with Gasteiger partial charge in [0.1, 0.15) is 11.5 Å². The van der Waals surface area contributed by atoms with Crippen molar-refractivity contribution >= 4 is 22.4 Å². The molecule has 7 heteroatoms. The minimum Gasteiger partial charge on any atom is -0.497 e. The lowest BCUT2D eigenvalue weighted by Gasteiger charge is -2.35. The lowest BCUT2D eigenvalue weighted by atomic mass is 10.0.